The van der Waals surface area contributed by atoms with Gasteiger partial charge in [0.2, 0.25) is 0 Å². The highest BCUT2D eigenvalue weighted by Crippen LogP contribution is 2.28. The number of hydrogen-bond donors (Lipinski definition) is 1. The van der Waals surface area contributed by atoms with Gasteiger partial charge in [0, 0.05) is 16.6 Å². The number of benzene rings is 2. The smallest absolute Gasteiger partial charge is 0.187 e. The maximum absolute atomic E-state index is 4.67. The third-order valence-corrected chi connectivity index (χ3v) is 4.32. The summed E-state index contributed by atoms with van der Waals surface area (Å²) in [5, 5.41) is 17.5. The summed E-state index contributed by atoms with van der Waals surface area (Å²) in [6.07, 6.45) is 1.57. The minimum atomic E-state index is 0.863. The van der Waals surface area contributed by atoms with E-state index in [4.69, 9.17) is 0 Å². The molecule has 2 aromatic heterocycles. The molecule has 4 rings (SSSR count). The first-order valence-electron chi connectivity index (χ1n) is 7.41. The van der Waals surface area contributed by atoms with Crippen molar-refractivity contribution in [2.45, 2.75) is 6.92 Å². The molecule has 0 aliphatic carbocycles. The Balaban J connectivity index is 1.58. The second-order valence-electron chi connectivity index (χ2n) is 5.33. The largest absolute Gasteiger partial charge is 0.332 e. The number of thiazole rings is 1. The molecule has 0 aliphatic rings. The van der Waals surface area contributed by atoms with Crippen LogP contribution in [0.5, 0.6) is 0 Å². The van der Waals surface area contributed by atoms with Crippen LogP contribution in [0.25, 0.3) is 16.9 Å². The van der Waals surface area contributed by atoms with Gasteiger partial charge >= 0.3 is 0 Å². The van der Waals surface area contributed by atoms with Crippen molar-refractivity contribution >= 4 is 22.2 Å². The lowest BCUT2D eigenvalue weighted by atomic mass is 10.1. The fourth-order valence-electron chi connectivity index (χ4n) is 2.31. The number of rotatable bonds is 4. The Kier molecular flexibility index (Phi) is 3.76. The molecule has 0 amide bonds. The SMILES string of the molecule is Cc1ccc(Nc2nc(-c3cccc(-n4cnnn4)c3)cs2)cc1. The summed E-state index contributed by atoms with van der Waals surface area (Å²) in [7, 11) is 0. The molecular formula is C17H14N6S. The van der Waals surface area contributed by atoms with Gasteiger partial charge in [-0.2, -0.15) is 0 Å². The second kappa shape index (κ2) is 6.21. The second-order valence-corrected chi connectivity index (χ2v) is 6.19. The predicted octanol–water partition coefficient (Wildman–Crippen LogP) is 3.84. The molecular weight excluding hydrogens is 320 g/mol. The molecule has 0 bridgehead atoms. The van der Waals surface area contributed by atoms with Gasteiger partial charge < -0.3 is 5.32 Å². The van der Waals surface area contributed by atoms with Crippen molar-refractivity contribution in [3.8, 4) is 16.9 Å². The average molecular weight is 334 g/mol. The van der Waals surface area contributed by atoms with Crippen LogP contribution in [0.2, 0.25) is 0 Å². The lowest BCUT2D eigenvalue weighted by Gasteiger charge is -2.03. The molecule has 6 nitrogen and oxygen atoms in total. The molecule has 0 atom stereocenters. The van der Waals surface area contributed by atoms with E-state index in [9.17, 15) is 0 Å². The molecule has 0 fully saturated rings. The molecule has 2 aromatic carbocycles. The zero-order valence-electron chi connectivity index (χ0n) is 12.9. The van der Waals surface area contributed by atoms with Crippen molar-refractivity contribution in [3.63, 3.8) is 0 Å². The van der Waals surface area contributed by atoms with Crippen molar-refractivity contribution in [2.24, 2.45) is 0 Å². The summed E-state index contributed by atoms with van der Waals surface area (Å²) in [5.74, 6) is 0. The maximum atomic E-state index is 4.67. The molecule has 4 aromatic rings. The number of tetrazole rings is 1. The van der Waals surface area contributed by atoms with E-state index < -0.39 is 0 Å². The Labute approximate surface area is 142 Å². The highest BCUT2D eigenvalue weighted by atomic mass is 32.1. The van der Waals surface area contributed by atoms with Crippen LogP contribution in [-0.4, -0.2) is 25.2 Å². The third kappa shape index (κ3) is 3.02. The fraction of sp³-hybridized carbons (Fsp3) is 0.0588. The number of hydrogen-bond acceptors (Lipinski definition) is 6. The van der Waals surface area contributed by atoms with E-state index in [-0.39, 0.29) is 0 Å². The van der Waals surface area contributed by atoms with Crippen LogP contribution in [0, 0.1) is 6.92 Å². The van der Waals surface area contributed by atoms with E-state index in [0.717, 1.165) is 27.8 Å². The number of anilines is 2. The Bertz CT molecular complexity index is 943. The van der Waals surface area contributed by atoms with E-state index in [1.807, 2.05) is 29.6 Å². The molecule has 2 heterocycles. The van der Waals surface area contributed by atoms with E-state index in [1.165, 1.54) is 5.56 Å². The van der Waals surface area contributed by atoms with Gasteiger partial charge in [-0.1, -0.05) is 29.8 Å². The molecule has 0 radical (unpaired) electrons. The standard InChI is InChI=1S/C17H14N6S/c1-12-5-7-14(8-6-12)19-17-20-16(10-24-17)13-3-2-4-15(9-13)23-11-18-21-22-23/h2-11H,1H3,(H,19,20). The van der Waals surface area contributed by atoms with Crippen molar-refractivity contribution in [3.05, 3.63) is 65.8 Å². The van der Waals surface area contributed by atoms with Gasteiger partial charge in [-0.05, 0) is 41.6 Å². The average Bonchev–Trinajstić information content (AvgIpc) is 3.29. The Hall–Kier alpha value is -3.06. The van der Waals surface area contributed by atoms with Gasteiger partial charge in [0.15, 0.2) is 5.13 Å². The van der Waals surface area contributed by atoms with Gasteiger partial charge in [0.25, 0.3) is 0 Å². The van der Waals surface area contributed by atoms with Crippen LogP contribution in [0.3, 0.4) is 0 Å². The molecule has 0 aliphatic heterocycles. The lowest BCUT2D eigenvalue weighted by molar-refractivity contribution is 0.789. The molecule has 0 unspecified atom stereocenters. The topological polar surface area (TPSA) is 68.5 Å². The van der Waals surface area contributed by atoms with Crippen molar-refractivity contribution in [1.29, 1.82) is 0 Å². The summed E-state index contributed by atoms with van der Waals surface area (Å²) in [5.41, 5.74) is 5.11. The minimum absolute atomic E-state index is 0.863. The monoisotopic (exact) mass is 334 g/mol. The number of aromatic nitrogens is 5. The zero-order chi connectivity index (χ0) is 16.4. The van der Waals surface area contributed by atoms with E-state index in [0.29, 0.717) is 0 Å². The van der Waals surface area contributed by atoms with Crippen LogP contribution < -0.4 is 5.32 Å². The molecule has 7 heteroatoms. The van der Waals surface area contributed by atoms with E-state index in [1.54, 1.807) is 22.3 Å². The summed E-state index contributed by atoms with van der Waals surface area (Å²) in [6.45, 7) is 2.07. The minimum Gasteiger partial charge on any atom is -0.332 e. The Morgan fingerprint density at radius 2 is 1.96 bits per heavy atom. The quantitative estimate of drug-likeness (QED) is 0.614. The third-order valence-electron chi connectivity index (χ3n) is 3.56. The summed E-state index contributed by atoms with van der Waals surface area (Å²) >= 11 is 1.58. The maximum Gasteiger partial charge on any atom is 0.187 e. The van der Waals surface area contributed by atoms with Crippen LogP contribution in [-0.2, 0) is 0 Å². The fourth-order valence-corrected chi connectivity index (χ4v) is 3.05. The summed E-state index contributed by atoms with van der Waals surface area (Å²) in [4.78, 5) is 4.67. The van der Waals surface area contributed by atoms with Crippen molar-refractivity contribution < 1.29 is 0 Å². The van der Waals surface area contributed by atoms with Crippen LogP contribution in [0.1, 0.15) is 5.56 Å². The highest BCUT2D eigenvalue weighted by molar-refractivity contribution is 7.14. The van der Waals surface area contributed by atoms with Gasteiger partial charge in [0.05, 0.1) is 11.4 Å². The summed E-state index contributed by atoms with van der Waals surface area (Å²) < 4.78 is 1.63. The first-order valence-corrected chi connectivity index (χ1v) is 8.29. The summed E-state index contributed by atoms with van der Waals surface area (Å²) in [6, 6.07) is 16.2. The zero-order valence-corrected chi connectivity index (χ0v) is 13.7. The number of aryl methyl sites for hydroxylation is 1. The molecule has 0 spiro atoms. The Morgan fingerprint density at radius 3 is 2.75 bits per heavy atom. The first kappa shape index (κ1) is 14.5. The molecule has 1 N–H and O–H groups in total. The normalized spacial score (nSPS) is 10.7. The first-order chi connectivity index (χ1) is 11.8. The van der Waals surface area contributed by atoms with Crippen LogP contribution >= 0.6 is 11.3 Å². The van der Waals surface area contributed by atoms with E-state index in [2.05, 4.69) is 57.0 Å². The molecule has 0 saturated carbocycles. The van der Waals surface area contributed by atoms with Gasteiger partial charge in [-0.15, -0.1) is 16.4 Å². The van der Waals surface area contributed by atoms with E-state index >= 15 is 0 Å². The van der Waals surface area contributed by atoms with Crippen molar-refractivity contribution in [2.75, 3.05) is 5.32 Å². The van der Waals surface area contributed by atoms with Crippen LogP contribution in [0.4, 0.5) is 10.8 Å². The molecule has 0 saturated heterocycles. The number of nitrogens with one attached hydrogen (secondary N) is 1. The molecule has 24 heavy (non-hydrogen) atoms. The van der Waals surface area contributed by atoms with Gasteiger partial charge in [0.1, 0.15) is 6.33 Å². The van der Waals surface area contributed by atoms with Crippen molar-refractivity contribution in [1.82, 2.24) is 25.2 Å². The molecule has 118 valence electrons. The van der Waals surface area contributed by atoms with Crippen LogP contribution in [0.15, 0.2) is 60.2 Å². The van der Waals surface area contributed by atoms with Gasteiger partial charge in [-0.25, -0.2) is 9.67 Å². The Morgan fingerprint density at radius 1 is 1.08 bits per heavy atom. The lowest BCUT2D eigenvalue weighted by Crippen LogP contribution is -1.95. The van der Waals surface area contributed by atoms with Gasteiger partial charge in [-0.3, -0.25) is 0 Å². The highest BCUT2D eigenvalue weighted by Gasteiger charge is 2.07. The number of nitrogens with zero attached hydrogens (tertiary/aromatic N) is 5. The predicted molar refractivity (Wildman–Crippen MR) is 94.7 cm³/mol.